The first-order chi connectivity index (χ1) is 13.2. The Morgan fingerprint density at radius 3 is 2.74 bits per heavy atom. The molecule has 5 rings (SSSR count). The number of fused-ring (bicyclic) bond motifs is 2. The Morgan fingerprint density at radius 1 is 1.00 bits per heavy atom. The summed E-state index contributed by atoms with van der Waals surface area (Å²) in [4.78, 5) is 12.3. The minimum absolute atomic E-state index is 0.847. The van der Waals surface area contributed by atoms with Crippen LogP contribution in [0.5, 0.6) is 5.75 Å². The summed E-state index contributed by atoms with van der Waals surface area (Å²) in [7, 11) is 3.75. The lowest BCUT2D eigenvalue weighted by atomic mass is 10.0. The number of H-pyrrole nitrogens is 1. The zero-order valence-corrected chi connectivity index (χ0v) is 15.1. The quantitative estimate of drug-likeness (QED) is 0.507. The van der Waals surface area contributed by atoms with Gasteiger partial charge in [0, 0.05) is 64.9 Å². The normalized spacial score (nSPS) is 11.3. The van der Waals surface area contributed by atoms with Gasteiger partial charge in [-0.05, 0) is 42.0 Å². The molecule has 0 fully saturated rings. The van der Waals surface area contributed by atoms with Gasteiger partial charge in [-0.1, -0.05) is 6.07 Å². The monoisotopic (exact) mass is 354 g/mol. The van der Waals surface area contributed by atoms with Crippen LogP contribution in [-0.2, 0) is 7.05 Å². The smallest absolute Gasteiger partial charge is 0.138 e. The Bertz CT molecular complexity index is 1270. The fourth-order valence-electron chi connectivity index (χ4n) is 3.66. The number of rotatable bonds is 3. The minimum atomic E-state index is 0.847. The van der Waals surface area contributed by atoms with Crippen molar-refractivity contribution in [2.45, 2.75) is 0 Å². The highest BCUT2D eigenvalue weighted by Gasteiger charge is 2.14. The van der Waals surface area contributed by atoms with E-state index in [9.17, 15) is 0 Å². The summed E-state index contributed by atoms with van der Waals surface area (Å²) in [5.41, 5.74) is 6.38. The number of aryl methyl sites for hydroxylation is 1. The molecule has 5 aromatic rings. The Balaban J connectivity index is 1.74. The lowest BCUT2D eigenvalue weighted by Crippen LogP contribution is -1.85. The van der Waals surface area contributed by atoms with Crippen LogP contribution in [0.4, 0.5) is 0 Å². The minimum Gasteiger partial charge on any atom is -0.497 e. The molecular weight excluding hydrogens is 336 g/mol. The molecule has 0 saturated heterocycles. The number of pyridine rings is 2. The van der Waals surface area contributed by atoms with Gasteiger partial charge >= 0.3 is 0 Å². The highest BCUT2D eigenvalue weighted by molar-refractivity contribution is 6.01. The van der Waals surface area contributed by atoms with E-state index in [1.807, 2.05) is 30.6 Å². The number of hydrogen-bond acceptors (Lipinski definition) is 3. The second kappa shape index (κ2) is 5.99. The van der Waals surface area contributed by atoms with E-state index in [0.717, 1.165) is 50.1 Å². The first-order valence-electron chi connectivity index (χ1n) is 8.76. The van der Waals surface area contributed by atoms with Crippen LogP contribution >= 0.6 is 0 Å². The van der Waals surface area contributed by atoms with Crippen molar-refractivity contribution >= 4 is 21.9 Å². The summed E-state index contributed by atoms with van der Waals surface area (Å²) < 4.78 is 7.55. The maximum absolute atomic E-state index is 5.42. The van der Waals surface area contributed by atoms with Crippen molar-refractivity contribution in [2.24, 2.45) is 7.05 Å². The molecule has 0 aliphatic carbocycles. The zero-order chi connectivity index (χ0) is 18.4. The van der Waals surface area contributed by atoms with Crippen molar-refractivity contribution in [1.29, 1.82) is 0 Å². The Hall–Kier alpha value is -3.60. The number of nitrogens with zero attached hydrogens (tertiary/aromatic N) is 3. The Kier molecular flexibility index (Phi) is 3.47. The second-order valence-electron chi connectivity index (χ2n) is 6.58. The summed E-state index contributed by atoms with van der Waals surface area (Å²) >= 11 is 0. The standard InChI is InChI=1S/C22H18N4O/c1-26-13-19(17-10-15(27-2)5-6-21(17)26)20-11-18-16(7-9-24-22(18)25-20)14-4-3-8-23-12-14/h3-13H,1-2H3,(H,24,25). The van der Waals surface area contributed by atoms with Gasteiger partial charge in [-0.25, -0.2) is 4.98 Å². The summed E-state index contributed by atoms with van der Waals surface area (Å²) in [6.45, 7) is 0. The van der Waals surface area contributed by atoms with Crippen molar-refractivity contribution in [3.05, 3.63) is 67.3 Å². The first-order valence-corrected chi connectivity index (χ1v) is 8.76. The molecule has 4 aromatic heterocycles. The van der Waals surface area contributed by atoms with Crippen LogP contribution in [0.2, 0.25) is 0 Å². The van der Waals surface area contributed by atoms with E-state index in [2.05, 4.69) is 57.0 Å². The third-order valence-electron chi connectivity index (χ3n) is 4.99. The first kappa shape index (κ1) is 15.6. The topological polar surface area (TPSA) is 55.7 Å². The van der Waals surface area contributed by atoms with Gasteiger partial charge in [0.25, 0.3) is 0 Å². The largest absolute Gasteiger partial charge is 0.497 e. The number of aromatic amines is 1. The maximum Gasteiger partial charge on any atom is 0.138 e. The van der Waals surface area contributed by atoms with E-state index in [-0.39, 0.29) is 0 Å². The van der Waals surface area contributed by atoms with Crippen LogP contribution in [0.1, 0.15) is 0 Å². The lowest BCUT2D eigenvalue weighted by molar-refractivity contribution is 0.415. The third-order valence-corrected chi connectivity index (χ3v) is 4.99. The van der Waals surface area contributed by atoms with Crippen LogP contribution in [0.25, 0.3) is 44.3 Å². The summed E-state index contributed by atoms with van der Waals surface area (Å²) in [6, 6.07) is 14.4. The van der Waals surface area contributed by atoms with Gasteiger partial charge in [0.05, 0.1) is 7.11 Å². The van der Waals surface area contributed by atoms with Gasteiger partial charge < -0.3 is 14.3 Å². The van der Waals surface area contributed by atoms with Gasteiger partial charge in [0.2, 0.25) is 0 Å². The number of methoxy groups -OCH3 is 1. The molecule has 0 aliphatic rings. The molecular formula is C22H18N4O. The van der Waals surface area contributed by atoms with E-state index in [4.69, 9.17) is 4.74 Å². The van der Waals surface area contributed by atoms with Crippen LogP contribution in [-0.4, -0.2) is 26.6 Å². The average molecular weight is 354 g/mol. The molecule has 0 aliphatic heterocycles. The Labute approximate surface area is 156 Å². The van der Waals surface area contributed by atoms with Gasteiger partial charge in [-0.3, -0.25) is 4.98 Å². The fraction of sp³-hybridized carbons (Fsp3) is 0.0909. The fourth-order valence-corrected chi connectivity index (χ4v) is 3.66. The highest BCUT2D eigenvalue weighted by atomic mass is 16.5. The van der Waals surface area contributed by atoms with Gasteiger partial charge in [0.15, 0.2) is 0 Å². The van der Waals surface area contributed by atoms with Gasteiger partial charge in [-0.2, -0.15) is 0 Å². The predicted molar refractivity (Wildman–Crippen MR) is 108 cm³/mol. The van der Waals surface area contributed by atoms with E-state index >= 15 is 0 Å². The van der Waals surface area contributed by atoms with Crippen molar-refractivity contribution < 1.29 is 4.74 Å². The molecule has 0 atom stereocenters. The van der Waals surface area contributed by atoms with E-state index in [0.29, 0.717) is 0 Å². The molecule has 5 heteroatoms. The van der Waals surface area contributed by atoms with Crippen molar-refractivity contribution in [3.8, 4) is 28.1 Å². The molecule has 0 radical (unpaired) electrons. The number of hydrogen-bond donors (Lipinski definition) is 1. The zero-order valence-electron chi connectivity index (χ0n) is 15.1. The molecule has 4 heterocycles. The lowest BCUT2D eigenvalue weighted by Gasteiger charge is -2.01. The average Bonchev–Trinajstić information content (AvgIpc) is 3.29. The van der Waals surface area contributed by atoms with Gasteiger partial charge in [-0.15, -0.1) is 0 Å². The van der Waals surface area contributed by atoms with Gasteiger partial charge in [0.1, 0.15) is 11.4 Å². The molecule has 0 spiro atoms. The van der Waals surface area contributed by atoms with Crippen molar-refractivity contribution in [2.75, 3.05) is 7.11 Å². The summed E-state index contributed by atoms with van der Waals surface area (Å²) in [5.74, 6) is 0.847. The maximum atomic E-state index is 5.42. The van der Waals surface area contributed by atoms with Crippen molar-refractivity contribution in [3.63, 3.8) is 0 Å². The van der Waals surface area contributed by atoms with Crippen LogP contribution < -0.4 is 4.74 Å². The Morgan fingerprint density at radius 2 is 1.93 bits per heavy atom. The van der Waals surface area contributed by atoms with E-state index in [1.165, 1.54) is 0 Å². The number of ether oxygens (including phenoxy) is 1. The SMILES string of the molecule is COc1ccc2c(c1)c(-c1cc3c(-c4cccnc4)ccnc3[nH]1)cn2C. The molecule has 0 bridgehead atoms. The van der Waals surface area contributed by atoms with Crippen LogP contribution in [0.3, 0.4) is 0 Å². The highest BCUT2D eigenvalue weighted by Crippen LogP contribution is 2.35. The van der Waals surface area contributed by atoms with Crippen molar-refractivity contribution in [1.82, 2.24) is 19.5 Å². The van der Waals surface area contributed by atoms with Crippen LogP contribution in [0.15, 0.2) is 67.3 Å². The molecule has 132 valence electrons. The molecule has 5 nitrogen and oxygen atoms in total. The molecule has 27 heavy (non-hydrogen) atoms. The number of benzene rings is 1. The van der Waals surface area contributed by atoms with Crippen LogP contribution in [0, 0.1) is 0 Å². The predicted octanol–water partition coefficient (Wildman–Crippen LogP) is 4.79. The molecule has 0 amide bonds. The molecule has 0 saturated carbocycles. The summed E-state index contributed by atoms with van der Waals surface area (Å²) in [5, 5.41) is 2.23. The van der Waals surface area contributed by atoms with E-state index in [1.54, 1.807) is 13.3 Å². The third kappa shape index (κ3) is 2.47. The van der Waals surface area contributed by atoms with E-state index < -0.39 is 0 Å². The molecule has 1 N–H and O–H groups in total. The number of nitrogens with one attached hydrogen (secondary N) is 1. The number of aromatic nitrogens is 4. The summed E-state index contributed by atoms with van der Waals surface area (Å²) in [6.07, 6.45) is 7.63. The molecule has 0 unspecified atom stereocenters. The molecule has 1 aromatic carbocycles. The second-order valence-corrected chi connectivity index (χ2v) is 6.58.